The highest BCUT2D eigenvalue weighted by atomic mass is 16.6. The molecule has 2 N–H and O–H groups in total. The Bertz CT molecular complexity index is 498. The molecule has 0 aromatic heterocycles. The van der Waals surface area contributed by atoms with Gasteiger partial charge in [0, 0.05) is 12.1 Å². The zero-order valence-electron chi connectivity index (χ0n) is 11.3. The molecule has 1 fully saturated rings. The Morgan fingerprint density at radius 2 is 2.20 bits per heavy atom. The van der Waals surface area contributed by atoms with Crippen molar-refractivity contribution in [3.63, 3.8) is 0 Å². The summed E-state index contributed by atoms with van der Waals surface area (Å²) in [5.74, 6) is -0.600. The molecule has 1 aromatic rings. The lowest BCUT2D eigenvalue weighted by molar-refractivity contribution is -0.384. The molecule has 0 bridgehead atoms. The number of benzene rings is 1. The Morgan fingerprint density at radius 1 is 1.45 bits per heavy atom. The SMILES string of the molecule is CC1CCCC(Nc2c(C(=O)O)cccc2[N+](=O)[O-])C1. The summed E-state index contributed by atoms with van der Waals surface area (Å²) in [6, 6.07) is 4.22. The Balaban J connectivity index is 2.32. The number of para-hydroxylation sites is 1. The van der Waals surface area contributed by atoms with E-state index in [1.54, 1.807) is 0 Å². The van der Waals surface area contributed by atoms with Crippen molar-refractivity contribution in [3.8, 4) is 0 Å². The van der Waals surface area contributed by atoms with Gasteiger partial charge >= 0.3 is 5.97 Å². The zero-order valence-corrected chi connectivity index (χ0v) is 11.3. The Labute approximate surface area is 117 Å². The van der Waals surface area contributed by atoms with Crippen LogP contribution in [0.25, 0.3) is 0 Å². The Hall–Kier alpha value is -2.11. The molecule has 0 saturated heterocycles. The van der Waals surface area contributed by atoms with Crippen molar-refractivity contribution in [2.24, 2.45) is 5.92 Å². The van der Waals surface area contributed by atoms with Crippen LogP contribution >= 0.6 is 0 Å². The molecule has 20 heavy (non-hydrogen) atoms. The molecule has 6 nitrogen and oxygen atoms in total. The molecule has 0 aliphatic heterocycles. The van der Waals surface area contributed by atoms with Crippen LogP contribution in [-0.2, 0) is 0 Å². The number of aromatic carboxylic acids is 1. The van der Waals surface area contributed by atoms with Crippen LogP contribution in [-0.4, -0.2) is 22.0 Å². The highest BCUT2D eigenvalue weighted by Crippen LogP contribution is 2.32. The highest BCUT2D eigenvalue weighted by Gasteiger charge is 2.26. The van der Waals surface area contributed by atoms with Gasteiger partial charge in [0.25, 0.3) is 5.69 Å². The predicted octanol–water partition coefficient (Wildman–Crippen LogP) is 3.28. The number of hydrogen-bond donors (Lipinski definition) is 2. The molecule has 0 spiro atoms. The standard InChI is InChI=1S/C14H18N2O4/c1-9-4-2-5-10(8-9)15-13-11(14(17)18)6-3-7-12(13)16(19)20/h3,6-7,9-10,15H,2,4-5,8H2,1H3,(H,17,18). The minimum absolute atomic E-state index is 0.0440. The molecular formula is C14H18N2O4. The van der Waals surface area contributed by atoms with Crippen LogP contribution in [0.5, 0.6) is 0 Å². The van der Waals surface area contributed by atoms with E-state index in [-0.39, 0.29) is 23.0 Å². The third kappa shape index (κ3) is 3.07. The highest BCUT2D eigenvalue weighted by molar-refractivity contribution is 5.96. The van der Waals surface area contributed by atoms with E-state index in [1.807, 2.05) is 0 Å². The molecular weight excluding hydrogens is 260 g/mol. The summed E-state index contributed by atoms with van der Waals surface area (Å²) in [5.41, 5.74) is -0.0929. The monoisotopic (exact) mass is 278 g/mol. The average molecular weight is 278 g/mol. The van der Waals surface area contributed by atoms with E-state index in [0.717, 1.165) is 25.7 Å². The van der Waals surface area contributed by atoms with E-state index in [2.05, 4.69) is 12.2 Å². The zero-order chi connectivity index (χ0) is 14.7. The van der Waals surface area contributed by atoms with Crippen molar-refractivity contribution >= 4 is 17.3 Å². The topological polar surface area (TPSA) is 92.5 Å². The number of nitrogens with one attached hydrogen (secondary N) is 1. The van der Waals surface area contributed by atoms with Gasteiger partial charge in [0.2, 0.25) is 0 Å². The molecule has 1 aliphatic rings. The number of carbonyl (C=O) groups is 1. The fraction of sp³-hybridized carbons (Fsp3) is 0.500. The van der Waals surface area contributed by atoms with Crippen LogP contribution in [0.3, 0.4) is 0 Å². The molecule has 6 heteroatoms. The van der Waals surface area contributed by atoms with Gasteiger partial charge in [-0.2, -0.15) is 0 Å². The van der Waals surface area contributed by atoms with Gasteiger partial charge in [-0.05, 0) is 24.8 Å². The number of hydrogen-bond acceptors (Lipinski definition) is 4. The third-order valence-electron chi connectivity index (χ3n) is 3.75. The van der Waals surface area contributed by atoms with E-state index >= 15 is 0 Å². The van der Waals surface area contributed by atoms with Crippen LogP contribution in [0.2, 0.25) is 0 Å². The smallest absolute Gasteiger partial charge is 0.338 e. The Morgan fingerprint density at radius 3 is 2.80 bits per heavy atom. The molecule has 108 valence electrons. The minimum atomic E-state index is -1.15. The minimum Gasteiger partial charge on any atom is -0.478 e. The van der Waals surface area contributed by atoms with E-state index in [0.29, 0.717) is 5.92 Å². The summed E-state index contributed by atoms with van der Waals surface area (Å²) in [4.78, 5) is 21.8. The Kier molecular flexibility index (Phi) is 4.22. The van der Waals surface area contributed by atoms with E-state index in [1.165, 1.54) is 18.2 Å². The van der Waals surface area contributed by atoms with Crippen molar-refractivity contribution in [2.75, 3.05) is 5.32 Å². The number of nitro groups is 1. The van der Waals surface area contributed by atoms with Crippen LogP contribution in [0.4, 0.5) is 11.4 Å². The lowest BCUT2D eigenvalue weighted by Crippen LogP contribution is -2.27. The van der Waals surface area contributed by atoms with E-state index in [4.69, 9.17) is 0 Å². The molecule has 1 aliphatic carbocycles. The maximum absolute atomic E-state index is 11.2. The molecule has 0 radical (unpaired) electrons. The summed E-state index contributed by atoms with van der Waals surface area (Å²) in [6.45, 7) is 2.14. The normalized spacial score (nSPS) is 22.2. The number of carboxylic acid groups (broad SMARTS) is 1. The summed E-state index contributed by atoms with van der Waals surface area (Å²) in [5, 5.41) is 23.4. The maximum atomic E-state index is 11.2. The number of nitro benzene ring substituents is 1. The van der Waals surface area contributed by atoms with Crippen molar-refractivity contribution in [1.82, 2.24) is 0 Å². The third-order valence-corrected chi connectivity index (χ3v) is 3.75. The van der Waals surface area contributed by atoms with Crippen molar-refractivity contribution < 1.29 is 14.8 Å². The van der Waals surface area contributed by atoms with Crippen molar-refractivity contribution in [2.45, 2.75) is 38.6 Å². The molecule has 2 rings (SSSR count). The van der Waals surface area contributed by atoms with E-state index < -0.39 is 10.9 Å². The molecule has 1 aromatic carbocycles. The second kappa shape index (κ2) is 5.90. The van der Waals surface area contributed by atoms with Gasteiger partial charge in [0.15, 0.2) is 0 Å². The second-order valence-corrected chi connectivity index (χ2v) is 5.37. The maximum Gasteiger partial charge on any atom is 0.338 e. The fourth-order valence-electron chi connectivity index (χ4n) is 2.79. The summed E-state index contributed by atoms with van der Waals surface area (Å²) in [7, 11) is 0. The van der Waals surface area contributed by atoms with Crippen LogP contribution in [0, 0.1) is 16.0 Å². The second-order valence-electron chi connectivity index (χ2n) is 5.37. The first-order valence-electron chi connectivity index (χ1n) is 6.76. The fourth-order valence-corrected chi connectivity index (χ4v) is 2.79. The predicted molar refractivity (Wildman–Crippen MR) is 75.1 cm³/mol. The molecule has 0 heterocycles. The lowest BCUT2D eigenvalue weighted by Gasteiger charge is -2.28. The number of nitrogens with zero attached hydrogens (tertiary/aromatic N) is 1. The number of rotatable bonds is 4. The van der Waals surface area contributed by atoms with Crippen molar-refractivity contribution in [3.05, 3.63) is 33.9 Å². The lowest BCUT2D eigenvalue weighted by atomic mass is 9.87. The van der Waals surface area contributed by atoms with Gasteiger partial charge in [0.1, 0.15) is 5.69 Å². The average Bonchev–Trinajstić information content (AvgIpc) is 2.38. The first kappa shape index (κ1) is 14.3. The first-order chi connectivity index (χ1) is 9.49. The van der Waals surface area contributed by atoms with Gasteiger partial charge in [-0.1, -0.05) is 25.8 Å². The van der Waals surface area contributed by atoms with Gasteiger partial charge in [0.05, 0.1) is 10.5 Å². The molecule has 2 atom stereocenters. The number of anilines is 1. The summed E-state index contributed by atoms with van der Waals surface area (Å²) in [6.07, 6.45) is 4.03. The van der Waals surface area contributed by atoms with Crippen LogP contribution in [0.15, 0.2) is 18.2 Å². The van der Waals surface area contributed by atoms with E-state index in [9.17, 15) is 20.0 Å². The summed E-state index contributed by atoms with van der Waals surface area (Å²) >= 11 is 0. The van der Waals surface area contributed by atoms with Gasteiger partial charge in [-0.15, -0.1) is 0 Å². The molecule has 1 saturated carbocycles. The first-order valence-corrected chi connectivity index (χ1v) is 6.76. The molecule has 2 unspecified atom stereocenters. The van der Waals surface area contributed by atoms with Gasteiger partial charge < -0.3 is 10.4 Å². The summed E-state index contributed by atoms with van der Waals surface area (Å²) < 4.78 is 0. The molecule has 0 amide bonds. The quantitative estimate of drug-likeness (QED) is 0.651. The van der Waals surface area contributed by atoms with Crippen molar-refractivity contribution in [1.29, 1.82) is 0 Å². The number of carboxylic acids is 1. The van der Waals surface area contributed by atoms with Gasteiger partial charge in [-0.3, -0.25) is 10.1 Å². The van der Waals surface area contributed by atoms with Crippen LogP contribution < -0.4 is 5.32 Å². The van der Waals surface area contributed by atoms with Crippen LogP contribution in [0.1, 0.15) is 43.0 Å². The largest absolute Gasteiger partial charge is 0.478 e. The van der Waals surface area contributed by atoms with Gasteiger partial charge in [-0.25, -0.2) is 4.79 Å².